The molecule has 4 rings (SSSR count). The van der Waals surface area contributed by atoms with E-state index in [4.69, 9.17) is 5.73 Å². The number of carbonyl (C=O) groups excluding carboxylic acids is 1. The van der Waals surface area contributed by atoms with Crippen LogP contribution < -0.4 is 16.5 Å². The number of fused-ring (bicyclic) bond motifs is 1. The Bertz CT molecular complexity index is 913. The van der Waals surface area contributed by atoms with Crippen molar-refractivity contribution in [1.29, 1.82) is 0 Å². The number of carbonyl (C=O) groups is 1. The highest BCUT2D eigenvalue weighted by Crippen LogP contribution is 2.30. The Morgan fingerprint density at radius 1 is 1.18 bits per heavy atom. The van der Waals surface area contributed by atoms with Crippen molar-refractivity contribution >= 4 is 22.9 Å². The summed E-state index contributed by atoms with van der Waals surface area (Å²) in [6.45, 7) is 4.02. The van der Waals surface area contributed by atoms with Gasteiger partial charge in [0.2, 0.25) is 11.4 Å². The van der Waals surface area contributed by atoms with E-state index in [2.05, 4.69) is 20.2 Å². The van der Waals surface area contributed by atoms with E-state index >= 15 is 0 Å². The van der Waals surface area contributed by atoms with Crippen LogP contribution in [0.15, 0.2) is 17.2 Å². The van der Waals surface area contributed by atoms with Gasteiger partial charge >= 0.3 is 0 Å². The number of hydrogen-bond donors (Lipinski definition) is 2. The summed E-state index contributed by atoms with van der Waals surface area (Å²) < 4.78 is 1.98. The van der Waals surface area contributed by atoms with Crippen LogP contribution in [0.2, 0.25) is 0 Å². The average molecular weight is 384 g/mol. The van der Waals surface area contributed by atoms with Crippen LogP contribution in [0.5, 0.6) is 0 Å². The van der Waals surface area contributed by atoms with E-state index in [9.17, 15) is 9.59 Å². The van der Waals surface area contributed by atoms with Gasteiger partial charge in [0.1, 0.15) is 11.2 Å². The second kappa shape index (κ2) is 8.26. The third kappa shape index (κ3) is 3.87. The van der Waals surface area contributed by atoms with Gasteiger partial charge in [-0.2, -0.15) is 4.98 Å². The molecule has 2 aromatic heterocycles. The maximum Gasteiger partial charge on any atom is 0.254 e. The molecule has 3 N–H and O–H groups in total. The van der Waals surface area contributed by atoms with Crippen molar-refractivity contribution in [2.75, 3.05) is 31.5 Å². The lowest BCUT2D eigenvalue weighted by molar-refractivity contribution is 0.0998. The second-order valence-electron chi connectivity index (χ2n) is 7.84. The second-order valence-corrected chi connectivity index (χ2v) is 7.84. The highest BCUT2D eigenvalue weighted by molar-refractivity contribution is 5.95. The normalized spacial score (nSPS) is 18.6. The van der Waals surface area contributed by atoms with Crippen LogP contribution in [0.1, 0.15) is 61.3 Å². The van der Waals surface area contributed by atoms with Crippen LogP contribution >= 0.6 is 0 Å². The molecule has 0 radical (unpaired) electrons. The van der Waals surface area contributed by atoms with Crippen LogP contribution in [0.3, 0.4) is 0 Å². The molecule has 1 aliphatic heterocycles. The first-order chi connectivity index (χ1) is 13.6. The summed E-state index contributed by atoms with van der Waals surface area (Å²) in [5.41, 5.74) is 5.65. The number of pyridine rings is 1. The molecule has 1 amide bonds. The zero-order chi connectivity index (χ0) is 19.5. The molecule has 3 heterocycles. The van der Waals surface area contributed by atoms with E-state index in [-0.39, 0.29) is 11.6 Å². The average Bonchev–Trinajstić information content (AvgIpc) is 3.22. The molecule has 150 valence electrons. The number of amides is 1. The molecule has 8 nitrogen and oxygen atoms in total. The predicted octanol–water partition coefficient (Wildman–Crippen LogP) is 1.90. The molecular formula is C20H28N6O2. The van der Waals surface area contributed by atoms with E-state index in [0.29, 0.717) is 17.0 Å². The van der Waals surface area contributed by atoms with E-state index in [1.165, 1.54) is 25.5 Å². The highest BCUT2D eigenvalue weighted by Gasteiger charge is 2.21. The molecule has 0 bridgehead atoms. The lowest BCUT2D eigenvalue weighted by atomic mass is 9.95. The summed E-state index contributed by atoms with van der Waals surface area (Å²) in [6.07, 6.45) is 11.2. The van der Waals surface area contributed by atoms with Gasteiger partial charge in [-0.05, 0) is 38.8 Å². The fraction of sp³-hybridized carbons (Fsp3) is 0.600. The molecule has 1 saturated heterocycles. The van der Waals surface area contributed by atoms with Gasteiger partial charge in [0, 0.05) is 31.5 Å². The standard InChI is InChI=1S/C20H28N6O2/c21-18(28)16-13-26(14-6-2-1-3-7-14)19-15(17(16)27)12-23-20(24-19)22-8-11-25-9-4-5-10-25/h12-14H,1-11H2,(H2,21,28)(H,22,23,24). The van der Waals surface area contributed by atoms with Crippen LogP contribution in [0.25, 0.3) is 11.0 Å². The number of nitrogens with one attached hydrogen (secondary N) is 1. The van der Waals surface area contributed by atoms with Gasteiger partial charge in [0.05, 0.1) is 5.39 Å². The van der Waals surface area contributed by atoms with Gasteiger partial charge in [-0.25, -0.2) is 4.98 Å². The minimum atomic E-state index is -0.704. The van der Waals surface area contributed by atoms with Crippen molar-refractivity contribution < 1.29 is 4.79 Å². The Morgan fingerprint density at radius 3 is 2.64 bits per heavy atom. The number of aromatic nitrogens is 3. The maximum atomic E-state index is 12.7. The van der Waals surface area contributed by atoms with Crippen molar-refractivity contribution in [3.63, 3.8) is 0 Å². The lowest BCUT2D eigenvalue weighted by Crippen LogP contribution is -2.28. The van der Waals surface area contributed by atoms with Gasteiger partial charge in [-0.3, -0.25) is 9.59 Å². The Morgan fingerprint density at radius 2 is 1.93 bits per heavy atom. The van der Waals surface area contributed by atoms with Crippen LogP contribution in [-0.4, -0.2) is 51.5 Å². The van der Waals surface area contributed by atoms with Gasteiger partial charge in [-0.1, -0.05) is 19.3 Å². The van der Waals surface area contributed by atoms with Crippen LogP contribution in [0.4, 0.5) is 5.95 Å². The number of primary amides is 1. The number of nitrogens with zero attached hydrogens (tertiary/aromatic N) is 4. The fourth-order valence-corrected chi connectivity index (χ4v) is 4.36. The molecule has 0 atom stereocenters. The van der Waals surface area contributed by atoms with E-state index in [0.717, 1.165) is 51.9 Å². The van der Waals surface area contributed by atoms with Crippen molar-refractivity contribution in [3.05, 3.63) is 28.2 Å². The van der Waals surface area contributed by atoms with Crippen molar-refractivity contribution in [1.82, 2.24) is 19.4 Å². The summed E-state index contributed by atoms with van der Waals surface area (Å²) in [7, 11) is 0. The van der Waals surface area contributed by atoms with E-state index < -0.39 is 11.3 Å². The number of likely N-dealkylation sites (tertiary alicyclic amines) is 1. The van der Waals surface area contributed by atoms with Crippen molar-refractivity contribution in [3.8, 4) is 0 Å². The first kappa shape index (κ1) is 18.9. The molecular weight excluding hydrogens is 356 g/mol. The van der Waals surface area contributed by atoms with E-state index in [1.807, 2.05) is 4.57 Å². The third-order valence-electron chi connectivity index (χ3n) is 5.91. The van der Waals surface area contributed by atoms with Crippen molar-refractivity contribution in [2.45, 2.75) is 51.0 Å². The number of anilines is 1. The van der Waals surface area contributed by atoms with Gasteiger partial charge in [0.15, 0.2) is 0 Å². The molecule has 0 unspecified atom stereocenters. The molecule has 28 heavy (non-hydrogen) atoms. The number of rotatable bonds is 6. The lowest BCUT2D eigenvalue weighted by Gasteiger charge is -2.26. The monoisotopic (exact) mass is 384 g/mol. The fourth-order valence-electron chi connectivity index (χ4n) is 4.36. The molecule has 8 heteroatoms. The van der Waals surface area contributed by atoms with Gasteiger partial charge in [-0.15, -0.1) is 0 Å². The zero-order valence-corrected chi connectivity index (χ0v) is 16.2. The highest BCUT2D eigenvalue weighted by atomic mass is 16.2. The summed E-state index contributed by atoms with van der Waals surface area (Å²) >= 11 is 0. The Balaban J connectivity index is 1.65. The first-order valence-corrected chi connectivity index (χ1v) is 10.3. The SMILES string of the molecule is NC(=O)c1cn(C2CCCCC2)c2nc(NCCN3CCCC3)ncc2c1=O. The molecule has 0 spiro atoms. The predicted molar refractivity (Wildman–Crippen MR) is 109 cm³/mol. The largest absolute Gasteiger partial charge is 0.365 e. The Hall–Kier alpha value is -2.48. The molecule has 2 aliphatic rings. The Kier molecular flexibility index (Phi) is 5.57. The summed E-state index contributed by atoms with van der Waals surface area (Å²) in [5, 5.41) is 3.63. The van der Waals surface area contributed by atoms with E-state index in [1.54, 1.807) is 6.20 Å². The summed E-state index contributed by atoms with van der Waals surface area (Å²) in [5.74, 6) is -0.188. The minimum absolute atomic E-state index is 0.0106. The number of nitrogens with two attached hydrogens (primary N) is 1. The van der Waals surface area contributed by atoms with Crippen LogP contribution in [-0.2, 0) is 0 Å². The molecule has 2 fully saturated rings. The maximum absolute atomic E-state index is 12.7. The summed E-state index contributed by atoms with van der Waals surface area (Å²) in [6, 6.07) is 0.224. The molecule has 0 aromatic carbocycles. The van der Waals surface area contributed by atoms with Crippen LogP contribution in [0, 0.1) is 0 Å². The topological polar surface area (TPSA) is 106 Å². The summed E-state index contributed by atoms with van der Waals surface area (Å²) in [4.78, 5) is 35.8. The molecule has 1 aliphatic carbocycles. The first-order valence-electron chi connectivity index (χ1n) is 10.3. The Labute approximate surface area is 164 Å². The smallest absolute Gasteiger partial charge is 0.254 e. The minimum Gasteiger partial charge on any atom is -0.365 e. The third-order valence-corrected chi connectivity index (χ3v) is 5.91. The number of hydrogen-bond acceptors (Lipinski definition) is 6. The van der Waals surface area contributed by atoms with Crippen molar-refractivity contribution in [2.24, 2.45) is 5.73 Å². The quantitative estimate of drug-likeness (QED) is 0.788. The molecule has 2 aromatic rings. The molecule has 1 saturated carbocycles. The zero-order valence-electron chi connectivity index (χ0n) is 16.2. The van der Waals surface area contributed by atoms with Gasteiger partial charge < -0.3 is 20.5 Å². The van der Waals surface area contributed by atoms with Gasteiger partial charge in [0.25, 0.3) is 5.91 Å².